The Morgan fingerprint density at radius 2 is 0.829 bits per heavy atom. The smallest absolute Gasteiger partial charge is 0.178 e. The van der Waals surface area contributed by atoms with E-state index in [0.29, 0.717) is 33.0 Å². The van der Waals surface area contributed by atoms with E-state index in [9.17, 15) is 0 Å². The summed E-state index contributed by atoms with van der Waals surface area (Å²) in [5, 5.41) is 4.53. The Kier molecular flexibility index (Phi) is 4.03. The molecule has 0 saturated heterocycles. The van der Waals surface area contributed by atoms with E-state index in [1.165, 1.54) is 0 Å². The van der Waals surface area contributed by atoms with Crippen molar-refractivity contribution in [2.24, 2.45) is 21.1 Å². The SMILES string of the molecule is [2H]Cc1c(P(=O)(c2c(C[2H])n(C)c3ccccc23)c2c(C[2H])n(C)c3ccccc23)c2ccccc2n1C. The van der Waals surface area contributed by atoms with Crippen LogP contribution in [0.3, 0.4) is 0 Å². The number of para-hydroxylation sites is 3. The van der Waals surface area contributed by atoms with Crippen LogP contribution in [0.2, 0.25) is 0 Å². The first-order chi connectivity index (χ1) is 18.4. The first-order valence-corrected chi connectivity index (χ1v) is 13.3. The highest BCUT2D eigenvalue weighted by Crippen LogP contribution is 2.51. The molecule has 0 N–H and O–H groups in total. The second-order valence-corrected chi connectivity index (χ2v) is 11.8. The van der Waals surface area contributed by atoms with Gasteiger partial charge in [-0.05, 0) is 38.9 Å². The molecule has 3 heterocycles. The van der Waals surface area contributed by atoms with Gasteiger partial charge in [0, 0.05) is 91.0 Å². The minimum Gasteiger partial charge on any atom is -0.347 e. The average molecular weight is 483 g/mol. The van der Waals surface area contributed by atoms with Crippen LogP contribution in [-0.2, 0) is 25.7 Å². The Morgan fingerprint density at radius 3 is 1.11 bits per heavy atom. The zero-order valence-electron chi connectivity index (χ0n) is 23.2. The van der Waals surface area contributed by atoms with Crippen LogP contribution >= 0.6 is 7.14 Å². The summed E-state index contributed by atoms with van der Waals surface area (Å²) in [5.74, 6) is 0. The van der Waals surface area contributed by atoms with Crippen LogP contribution in [-0.4, -0.2) is 13.7 Å². The summed E-state index contributed by atoms with van der Waals surface area (Å²) >= 11 is 0. The van der Waals surface area contributed by atoms with Gasteiger partial charge in [0.05, 0.1) is 0 Å². The van der Waals surface area contributed by atoms with Gasteiger partial charge >= 0.3 is 0 Å². The van der Waals surface area contributed by atoms with Crippen molar-refractivity contribution in [3.05, 3.63) is 89.9 Å². The maximum atomic E-state index is 16.5. The number of hydrogen-bond acceptors (Lipinski definition) is 1. The summed E-state index contributed by atoms with van der Waals surface area (Å²) < 4.78 is 48.2. The summed E-state index contributed by atoms with van der Waals surface area (Å²) in [5.41, 5.74) is 4.85. The lowest BCUT2D eigenvalue weighted by Gasteiger charge is -2.22. The van der Waals surface area contributed by atoms with Gasteiger partial charge < -0.3 is 18.3 Å². The predicted octanol–water partition coefficient (Wildman–Crippen LogP) is 5.73. The molecular formula is C30H30N3OP. The molecule has 0 unspecified atom stereocenters. The fraction of sp³-hybridized carbons (Fsp3) is 0.200. The van der Waals surface area contributed by atoms with Crippen molar-refractivity contribution in [1.29, 1.82) is 0 Å². The number of benzene rings is 3. The second kappa shape index (κ2) is 7.50. The van der Waals surface area contributed by atoms with Gasteiger partial charge in [0.2, 0.25) is 0 Å². The van der Waals surface area contributed by atoms with Gasteiger partial charge in [0.15, 0.2) is 7.14 Å². The van der Waals surface area contributed by atoms with Crippen molar-refractivity contribution in [2.45, 2.75) is 20.7 Å². The third-order valence-electron chi connectivity index (χ3n) is 7.54. The fourth-order valence-electron chi connectivity index (χ4n) is 5.67. The Morgan fingerprint density at radius 1 is 0.543 bits per heavy atom. The van der Waals surface area contributed by atoms with Gasteiger partial charge in [-0.2, -0.15) is 0 Å². The Bertz CT molecular complexity index is 1690. The molecule has 4 nitrogen and oxygen atoms in total. The lowest BCUT2D eigenvalue weighted by Crippen LogP contribution is -2.29. The van der Waals surface area contributed by atoms with E-state index in [4.69, 9.17) is 4.11 Å². The van der Waals surface area contributed by atoms with Crippen LogP contribution < -0.4 is 15.9 Å². The van der Waals surface area contributed by atoms with Crippen LogP contribution in [0, 0.1) is 20.7 Å². The maximum Gasteiger partial charge on any atom is 0.178 e. The highest BCUT2D eigenvalue weighted by molar-refractivity contribution is 7.86. The molecule has 3 aromatic carbocycles. The van der Waals surface area contributed by atoms with Gasteiger partial charge in [-0.3, -0.25) is 0 Å². The second-order valence-electron chi connectivity index (χ2n) is 9.22. The minimum absolute atomic E-state index is 0.0353. The van der Waals surface area contributed by atoms with Crippen LogP contribution in [0.25, 0.3) is 32.7 Å². The molecule has 0 amide bonds. The molecule has 0 aliphatic rings. The van der Waals surface area contributed by atoms with E-state index < -0.39 is 7.14 Å². The zero-order chi connectivity index (χ0) is 26.8. The van der Waals surface area contributed by atoms with Gasteiger partial charge in [0.25, 0.3) is 0 Å². The van der Waals surface area contributed by atoms with Crippen LogP contribution in [0.1, 0.15) is 21.2 Å². The minimum atomic E-state index is -3.74. The van der Waals surface area contributed by atoms with Gasteiger partial charge in [-0.1, -0.05) is 54.6 Å². The molecule has 0 aliphatic carbocycles. The van der Waals surface area contributed by atoms with E-state index in [1.807, 2.05) is 108 Å². The topological polar surface area (TPSA) is 31.9 Å². The molecular weight excluding hydrogens is 449 g/mol. The first-order valence-electron chi connectivity index (χ1n) is 13.7. The number of rotatable bonds is 3. The molecule has 6 aromatic rings. The quantitative estimate of drug-likeness (QED) is 0.297. The molecule has 0 fully saturated rings. The molecule has 0 bridgehead atoms. The van der Waals surface area contributed by atoms with Gasteiger partial charge in [-0.15, -0.1) is 0 Å². The molecule has 0 spiro atoms. The molecule has 3 aromatic heterocycles. The number of hydrogen-bond donors (Lipinski definition) is 0. The normalized spacial score (nSPS) is 13.5. The average Bonchev–Trinajstić information content (AvgIpc) is 3.53. The van der Waals surface area contributed by atoms with E-state index in [-0.39, 0.29) is 20.7 Å². The maximum absolute atomic E-state index is 16.5. The predicted molar refractivity (Wildman–Crippen MR) is 149 cm³/mol. The Hall–Kier alpha value is -3.49. The largest absolute Gasteiger partial charge is 0.347 e. The summed E-state index contributed by atoms with van der Waals surface area (Å²) in [4.78, 5) is 0. The molecule has 0 aliphatic heterocycles. The molecule has 6 rings (SSSR count). The van der Waals surface area contributed by atoms with Crippen molar-refractivity contribution in [3.8, 4) is 0 Å². The van der Waals surface area contributed by atoms with Crippen LogP contribution in [0.15, 0.2) is 72.8 Å². The van der Waals surface area contributed by atoms with Crippen molar-refractivity contribution >= 4 is 55.8 Å². The van der Waals surface area contributed by atoms with Gasteiger partial charge in [0.1, 0.15) is 0 Å². The Labute approximate surface area is 210 Å². The fourth-order valence-corrected chi connectivity index (χ4v) is 9.46. The number of fused-ring (bicyclic) bond motifs is 3. The van der Waals surface area contributed by atoms with Crippen LogP contribution in [0.5, 0.6) is 0 Å². The van der Waals surface area contributed by atoms with Crippen LogP contribution in [0.4, 0.5) is 0 Å². The monoisotopic (exact) mass is 482 g/mol. The molecule has 35 heavy (non-hydrogen) atoms. The molecule has 176 valence electrons. The third kappa shape index (κ3) is 2.72. The van der Waals surface area contributed by atoms with Crippen molar-refractivity contribution in [2.75, 3.05) is 0 Å². The van der Waals surface area contributed by atoms with Crippen molar-refractivity contribution in [3.63, 3.8) is 0 Å². The number of aromatic nitrogens is 3. The first kappa shape index (κ1) is 18.8. The lowest BCUT2D eigenvalue weighted by molar-refractivity contribution is 0.592. The summed E-state index contributed by atoms with van der Waals surface area (Å²) in [6.07, 6.45) is 0. The molecule has 0 atom stereocenters. The van der Waals surface area contributed by atoms with Crippen molar-refractivity contribution < 1.29 is 8.68 Å². The van der Waals surface area contributed by atoms with E-state index in [2.05, 4.69) is 0 Å². The standard InChI is InChI=1S/C30H30N3OP/c1-19-28(22-13-7-10-16-25(22)31(19)4)35(34,29-20(2)32(5)26-17-11-8-14-23(26)29)30-21(3)33(6)27-18-12-9-15-24(27)30/h7-18H,1-6H3/i1D,2D,3D. The molecule has 5 heteroatoms. The lowest BCUT2D eigenvalue weighted by atomic mass is 10.2. The summed E-state index contributed by atoms with van der Waals surface area (Å²) in [6, 6.07) is 23.7. The highest BCUT2D eigenvalue weighted by Gasteiger charge is 2.42. The van der Waals surface area contributed by atoms with Gasteiger partial charge in [-0.25, -0.2) is 0 Å². The van der Waals surface area contributed by atoms with E-state index >= 15 is 4.57 Å². The number of aryl methyl sites for hydroxylation is 3. The summed E-state index contributed by atoms with van der Waals surface area (Å²) in [6.45, 7) is -0.106. The highest BCUT2D eigenvalue weighted by atomic mass is 31.2. The third-order valence-corrected chi connectivity index (χ3v) is 10.9. The van der Waals surface area contributed by atoms with E-state index in [1.54, 1.807) is 0 Å². The molecule has 0 saturated carbocycles. The zero-order valence-corrected chi connectivity index (χ0v) is 21.1. The number of nitrogens with zero attached hydrogens (tertiary/aromatic N) is 3. The Balaban J connectivity index is 1.93. The molecule has 0 radical (unpaired) electrons. The van der Waals surface area contributed by atoms with Crippen molar-refractivity contribution in [1.82, 2.24) is 13.7 Å². The van der Waals surface area contributed by atoms with E-state index in [0.717, 1.165) is 32.7 Å². The summed E-state index contributed by atoms with van der Waals surface area (Å²) in [7, 11) is 2.07.